The van der Waals surface area contributed by atoms with Gasteiger partial charge in [-0.05, 0) is 37.0 Å². The van der Waals surface area contributed by atoms with Crippen molar-refractivity contribution in [3.8, 4) is 5.75 Å². The second-order valence-corrected chi connectivity index (χ2v) is 7.69. The summed E-state index contributed by atoms with van der Waals surface area (Å²) >= 11 is 0. The number of rotatable bonds is 7. The van der Waals surface area contributed by atoms with Crippen molar-refractivity contribution in [2.75, 3.05) is 26.7 Å². The molecule has 1 aromatic carbocycles. The topological polar surface area (TPSA) is 99.1 Å². The predicted molar refractivity (Wildman–Crippen MR) is 102 cm³/mol. The quantitative estimate of drug-likeness (QED) is 0.664. The molecule has 0 bridgehead atoms. The van der Waals surface area contributed by atoms with E-state index in [0.717, 1.165) is 11.3 Å². The molecule has 3 atom stereocenters. The summed E-state index contributed by atoms with van der Waals surface area (Å²) in [5, 5.41) is 22.8. The molecule has 0 aliphatic carbocycles. The fourth-order valence-electron chi connectivity index (χ4n) is 3.67. The average molecular weight is 378 g/mol. The Kier molecular flexibility index (Phi) is 6.84. The van der Waals surface area contributed by atoms with Crippen LogP contribution in [0.2, 0.25) is 0 Å². The van der Waals surface area contributed by atoms with Crippen molar-refractivity contribution < 1.29 is 24.5 Å². The van der Waals surface area contributed by atoms with E-state index in [4.69, 9.17) is 4.74 Å². The molecule has 0 unspecified atom stereocenters. The monoisotopic (exact) mass is 378 g/mol. The van der Waals surface area contributed by atoms with Crippen molar-refractivity contribution in [3.05, 3.63) is 29.8 Å². The highest BCUT2D eigenvalue weighted by atomic mass is 16.5. The van der Waals surface area contributed by atoms with Crippen molar-refractivity contribution in [1.29, 1.82) is 0 Å². The van der Waals surface area contributed by atoms with Crippen LogP contribution in [-0.2, 0) is 15.1 Å². The van der Waals surface area contributed by atoms with Crippen molar-refractivity contribution in [3.63, 3.8) is 0 Å². The van der Waals surface area contributed by atoms with Crippen LogP contribution in [-0.4, -0.2) is 59.8 Å². The Labute approximate surface area is 160 Å². The van der Waals surface area contributed by atoms with E-state index in [2.05, 4.69) is 5.32 Å². The number of hydrogen-bond donors (Lipinski definition) is 3. The third kappa shape index (κ3) is 4.59. The summed E-state index contributed by atoms with van der Waals surface area (Å²) < 4.78 is 5.21. The van der Waals surface area contributed by atoms with Crippen LogP contribution in [0.15, 0.2) is 24.3 Å². The van der Waals surface area contributed by atoms with Crippen molar-refractivity contribution in [2.45, 2.75) is 38.8 Å². The summed E-state index contributed by atoms with van der Waals surface area (Å²) in [6, 6.07) is 7.51. The minimum atomic E-state index is -1.71. The van der Waals surface area contributed by atoms with Gasteiger partial charge in [-0.25, -0.2) is 4.79 Å². The average Bonchev–Trinajstić information content (AvgIpc) is 2.65. The summed E-state index contributed by atoms with van der Waals surface area (Å²) in [6.07, 6.45) is -1.40. The maximum Gasteiger partial charge on any atom is 0.333 e. The molecular weight excluding hydrogens is 348 g/mol. The number of nitrogens with one attached hydrogen (secondary N) is 1. The molecule has 0 saturated carbocycles. The van der Waals surface area contributed by atoms with E-state index < -0.39 is 23.5 Å². The van der Waals surface area contributed by atoms with E-state index in [1.165, 1.54) is 0 Å². The predicted octanol–water partition coefficient (Wildman–Crippen LogP) is 1.45. The van der Waals surface area contributed by atoms with Crippen molar-refractivity contribution in [1.82, 2.24) is 10.2 Å². The number of nitrogens with zero attached hydrogens (tertiary/aromatic N) is 1. The molecule has 7 nitrogen and oxygen atoms in total. The number of benzene rings is 1. The van der Waals surface area contributed by atoms with Crippen molar-refractivity contribution >= 4 is 11.9 Å². The molecule has 1 saturated heterocycles. The number of amides is 1. The molecular formula is C20H30N2O5. The van der Waals surface area contributed by atoms with Gasteiger partial charge in [0.05, 0.1) is 18.6 Å². The van der Waals surface area contributed by atoms with Gasteiger partial charge < -0.3 is 25.2 Å². The van der Waals surface area contributed by atoms with E-state index in [9.17, 15) is 19.8 Å². The number of hydrogen-bond acceptors (Lipinski definition) is 5. The number of carbonyl (C=O) groups excluding carboxylic acids is 1. The molecule has 3 N–H and O–H groups in total. The smallest absolute Gasteiger partial charge is 0.333 e. The molecule has 1 heterocycles. The third-order valence-corrected chi connectivity index (χ3v) is 5.23. The molecule has 1 aliphatic rings. The van der Waals surface area contributed by atoms with E-state index >= 15 is 0 Å². The van der Waals surface area contributed by atoms with Gasteiger partial charge in [0.2, 0.25) is 5.91 Å². The van der Waals surface area contributed by atoms with Crippen LogP contribution in [0.1, 0.15) is 32.8 Å². The highest BCUT2D eigenvalue weighted by Gasteiger charge is 2.44. The molecule has 7 heteroatoms. The molecule has 0 spiro atoms. The summed E-state index contributed by atoms with van der Waals surface area (Å²) in [4.78, 5) is 26.4. The number of piperazine rings is 1. The molecule has 1 fully saturated rings. The standard InChI is InChI=1S/C20H30N2O5/c1-13(2)11-16(17(23)19(25)26)18(24)22-10-9-21-12-20(22,3)14-5-7-15(27-4)8-6-14/h5-8,13,16-17,21,23H,9-12H2,1-4H3,(H,25,26)/t16-,17-,20-/m0/s1. The SMILES string of the molecule is COc1ccc([C@]2(C)CNCCN2C(=O)[C@@H](CC(C)C)[C@H](O)C(=O)O)cc1. The van der Waals surface area contributed by atoms with Gasteiger partial charge in [-0.1, -0.05) is 26.0 Å². The Morgan fingerprint density at radius 1 is 1.30 bits per heavy atom. The number of aliphatic carboxylic acids is 1. The second kappa shape index (κ2) is 8.71. The maximum absolute atomic E-state index is 13.3. The lowest BCUT2D eigenvalue weighted by atomic mass is 9.84. The zero-order chi connectivity index (χ0) is 20.2. The van der Waals surface area contributed by atoms with Crippen LogP contribution < -0.4 is 10.1 Å². The summed E-state index contributed by atoms with van der Waals surface area (Å²) in [5.41, 5.74) is 0.284. The summed E-state index contributed by atoms with van der Waals surface area (Å²) in [5.74, 6) is -1.85. The van der Waals surface area contributed by atoms with Crippen LogP contribution in [0.3, 0.4) is 0 Å². The molecule has 2 rings (SSSR count). The fourth-order valence-corrected chi connectivity index (χ4v) is 3.67. The first kappa shape index (κ1) is 21.2. The highest BCUT2D eigenvalue weighted by molar-refractivity contribution is 5.86. The maximum atomic E-state index is 13.3. The minimum absolute atomic E-state index is 0.0862. The Hall–Kier alpha value is -2.12. The molecule has 27 heavy (non-hydrogen) atoms. The van der Waals surface area contributed by atoms with E-state index in [-0.39, 0.29) is 11.8 Å². The highest BCUT2D eigenvalue weighted by Crippen LogP contribution is 2.33. The number of aliphatic hydroxyl groups excluding tert-OH is 1. The lowest BCUT2D eigenvalue weighted by Gasteiger charge is -2.47. The number of carboxylic acids is 1. The molecule has 150 valence electrons. The fraction of sp³-hybridized carbons (Fsp3) is 0.600. The largest absolute Gasteiger partial charge is 0.497 e. The van der Waals surface area contributed by atoms with Gasteiger partial charge >= 0.3 is 5.97 Å². The number of carbonyl (C=O) groups is 2. The van der Waals surface area contributed by atoms with Crippen LogP contribution in [0.4, 0.5) is 0 Å². The Morgan fingerprint density at radius 3 is 2.44 bits per heavy atom. The zero-order valence-corrected chi connectivity index (χ0v) is 16.4. The zero-order valence-electron chi connectivity index (χ0n) is 16.4. The van der Waals surface area contributed by atoms with Crippen LogP contribution in [0.5, 0.6) is 5.75 Å². The Morgan fingerprint density at radius 2 is 1.93 bits per heavy atom. The normalized spacial score (nSPS) is 22.4. The van der Waals surface area contributed by atoms with E-state index in [1.807, 2.05) is 45.0 Å². The van der Waals surface area contributed by atoms with Gasteiger partial charge in [-0.2, -0.15) is 0 Å². The van der Waals surface area contributed by atoms with Gasteiger partial charge in [0.15, 0.2) is 6.10 Å². The van der Waals surface area contributed by atoms with Gasteiger partial charge in [0, 0.05) is 19.6 Å². The Balaban J connectivity index is 2.37. The van der Waals surface area contributed by atoms with E-state index in [1.54, 1.807) is 12.0 Å². The number of carboxylic acid groups (broad SMARTS) is 1. The summed E-state index contributed by atoms with van der Waals surface area (Å²) in [7, 11) is 1.60. The van der Waals surface area contributed by atoms with Gasteiger partial charge in [0.1, 0.15) is 5.75 Å². The number of methoxy groups -OCH3 is 1. The van der Waals surface area contributed by atoms with E-state index in [0.29, 0.717) is 26.1 Å². The van der Waals surface area contributed by atoms with Gasteiger partial charge in [-0.15, -0.1) is 0 Å². The summed E-state index contributed by atoms with van der Waals surface area (Å²) in [6.45, 7) is 7.39. The Bertz CT molecular complexity index is 661. The number of aliphatic hydroxyl groups is 1. The number of ether oxygens (including phenoxy) is 1. The molecule has 0 radical (unpaired) electrons. The lowest BCUT2D eigenvalue weighted by Crippen LogP contribution is -2.61. The molecule has 1 aliphatic heterocycles. The molecule has 1 aromatic rings. The lowest BCUT2D eigenvalue weighted by molar-refractivity contribution is -0.160. The van der Waals surface area contributed by atoms with Gasteiger partial charge in [0.25, 0.3) is 0 Å². The van der Waals surface area contributed by atoms with Crippen LogP contribution in [0.25, 0.3) is 0 Å². The van der Waals surface area contributed by atoms with Crippen molar-refractivity contribution in [2.24, 2.45) is 11.8 Å². The third-order valence-electron chi connectivity index (χ3n) is 5.23. The minimum Gasteiger partial charge on any atom is -0.497 e. The van der Waals surface area contributed by atoms with Crippen LogP contribution in [0, 0.1) is 11.8 Å². The first-order valence-corrected chi connectivity index (χ1v) is 9.28. The second-order valence-electron chi connectivity index (χ2n) is 7.69. The molecule has 1 amide bonds. The first-order valence-electron chi connectivity index (χ1n) is 9.28. The first-order chi connectivity index (χ1) is 12.7. The van der Waals surface area contributed by atoms with Crippen LogP contribution >= 0.6 is 0 Å². The molecule has 0 aromatic heterocycles. The van der Waals surface area contributed by atoms with Gasteiger partial charge in [-0.3, -0.25) is 4.79 Å².